The van der Waals surface area contributed by atoms with Crippen LogP contribution < -0.4 is 19.5 Å². The van der Waals surface area contributed by atoms with E-state index in [1.807, 2.05) is 0 Å². The minimum atomic E-state index is -3.86. The SMILES string of the molecule is CCOC(=O)CC(NC(=O)c1ccc(OC)c(S(=O)(=O)NC)c1)c1cccc(OC)c1. The molecule has 0 aliphatic heterocycles. The summed E-state index contributed by atoms with van der Waals surface area (Å²) in [6.07, 6.45) is -0.107. The smallest absolute Gasteiger partial charge is 0.308 e. The van der Waals surface area contributed by atoms with E-state index >= 15 is 0 Å². The third-order valence-corrected chi connectivity index (χ3v) is 5.90. The van der Waals surface area contributed by atoms with Crippen LogP contribution in [0.15, 0.2) is 47.4 Å². The highest BCUT2D eigenvalue weighted by molar-refractivity contribution is 7.89. The molecule has 1 atom stereocenters. The third-order valence-electron chi connectivity index (χ3n) is 4.46. The molecular weight excluding hydrogens is 424 g/mol. The number of nitrogens with one attached hydrogen (secondary N) is 2. The highest BCUT2D eigenvalue weighted by Gasteiger charge is 2.23. The summed E-state index contributed by atoms with van der Waals surface area (Å²) in [5, 5.41) is 2.77. The maximum Gasteiger partial charge on any atom is 0.308 e. The summed E-state index contributed by atoms with van der Waals surface area (Å²) in [7, 11) is 0.253. The number of carbonyl (C=O) groups excluding carboxylic acids is 2. The normalized spacial score (nSPS) is 12.0. The number of hydrogen-bond acceptors (Lipinski definition) is 7. The summed E-state index contributed by atoms with van der Waals surface area (Å²) in [5.41, 5.74) is 0.726. The molecule has 0 aromatic heterocycles. The maximum atomic E-state index is 12.9. The van der Waals surface area contributed by atoms with E-state index in [4.69, 9.17) is 14.2 Å². The molecule has 10 heteroatoms. The zero-order valence-electron chi connectivity index (χ0n) is 17.8. The van der Waals surface area contributed by atoms with Crippen molar-refractivity contribution < 1.29 is 32.2 Å². The second kappa shape index (κ2) is 10.8. The van der Waals surface area contributed by atoms with Gasteiger partial charge in [-0.3, -0.25) is 9.59 Å². The molecular formula is C21H26N2O7S. The van der Waals surface area contributed by atoms with E-state index in [0.29, 0.717) is 11.3 Å². The van der Waals surface area contributed by atoms with Gasteiger partial charge in [-0.25, -0.2) is 13.1 Å². The molecule has 31 heavy (non-hydrogen) atoms. The van der Waals surface area contributed by atoms with Crippen molar-refractivity contribution in [1.82, 2.24) is 10.0 Å². The van der Waals surface area contributed by atoms with E-state index in [9.17, 15) is 18.0 Å². The van der Waals surface area contributed by atoms with Crippen molar-refractivity contribution in [2.45, 2.75) is 24.3 Å². The molecule has 0 radical (unpaired) electrons. The Hall–Kier alpha value is -3.11. The van der Waals surface area contributed by atoms with Crippen LogP contribution in [0.25, 0.3) is 0 Å². The van der Waals surface area contributed by atoms with Crippen molar-refractivity contribution in [2.75, 3.05) is 27.9 Å². The first-order valence-corrected chi connectivity index (χ1v) is 11.0. The summed E-state index contributed by atoms with van der Waals surface area (Å²) < 4.78 is 42.1. The van der Waals surface area contributed by atoms with E-state index < -0.39 is 27.9 Å². The van der Waals surface area contributed by atoms with Gasteiger partial charge in [0.15, 0.2) is 0 Å². The van der Waals surface area contributed by atoms with Crippen LogP contribution in [-0.2, 0) is 19.6 Å². The summed E-state index contributed by atoms with van der Waals surface area (Å²) >= 11 is 0. The Morgan fingerprint density at radius 2 is 1.81 bits per heavy atom. The number of ether oxygens (including phenoxy) is 3. The van der Waals surface area contributed by atoms with E-state index in [2.05, 4.69) is 10.0 Å². The zero-order chi connectivity index (χ0) is 23.0. The quantitative estimate of drug-likeness (QED) is 0.532. The minimum absolute atomic E-state index is 0.0892. The Bertz CT molecular complexity index is 1040. The average Bonchev–Trinajstić information content (AvgIpc) is 2.78. The number of sulfonamides is 1. The van der Waals surface area contributed by atoms with Crippen molar-refractivity contribution in [2.24, 2.45) is 0 Å². The second-order valence-corrected chi connectivity index (χ2v) is 8.24. The maximum absolute atomic E-state index is 12.9. The summed E-state index contributed by atoms with van der Waals surface area (Å²) in [4.78, 5) is 24.9. The lowest BCUT2D eigenvalue weighted by Gasteiger charge is -2.20. The molecule has 0 aliphatic rings. The van der Waals surface area contributed by atoms with Gasteiger partial charge in [-0.2, -0.15) is 0 Å². The van der Waals surface area contributed by atoms with Crippen molar-refractivity contribution in [3.05, 3.63) is 53.6 Å². The van der Waals surface area contributed by atoms with Crippen LogP contribution >= 0.6 is 0 Å². The van der Waals surface area contributed by atoms with Crippen LogP contribution in [0.3, 0.4) is 0 Å². The lowest BCUT2D eigenvalue weighted by molar-refractivity contribution is -0.143. The predicted molar refractivity (Wildman–Crippen MR) is 114 cm³/mol. The molecule has 2 rings (SSSR count). The molecule has 0 spiro atoms. The van der Waals surface area contributed by atoms with Gasteiger partial charge in [-0.15, -0.1) is 0 Å². The molecule has 168 valence electrons. The molecule has 0 heterocycles. The van der Waals surface area contributed by atoms with Gasteiger partial charge in [-0.1, -0.05) is 12.1 Å². The van der Waals surface area contributed by atoms with Crippen LogP contribution in [0, 0.1) is 0 Å². The van der Waals surface area contributed by atoms with Crippen molar-refractivity contribution in [3.63, 3.8) is 0 Å². The van der Waals surface area contributed by atoms with Crippen LogP contribution in [-0.4, -0.2) is 48.2 Å². The van der Waals surface area contributed by atoms with Gasteiger partial charge in [0, 0.05) is 5.56 Å². The predicted octanol–water partition coefficient (Wildman–Crippen LogP) is 2.04. The van der Waals surface area contributed by atoms with Gasteiger partial charge in [0.05, 0.1) is 33.3 Å². The van der Waals surface area contributed by atoms with E-state index in [0.717, 1.165) is 0 Å². The Morgan fingerprint density at radius 1 is 1.06 bits per heavy atom. The van der Waals surface area contributed by atoms with Crippen LogP contribution in [0.2, 0.25) is 0 Å². The fourth-order valence-corrected chi connectivity index (χ4v) is 3.79. The highest BCUT2D eigenvalue weighted by atomic mass is 32.2. The lowest BCUT2D eigenvalue weighted by atomic mass is 10.0. The average molecular weight is 451 g/mol. The fourth-order valence-electron chi connectivity index (χ4n) is 2.88. The first-order valence-electron chi connectivity index (χ1n) is 9.47. The number of hydrogen-bond donors (Lipinski definition) is 2. The van der Waals surface area contributed by atoms with E-state index in [1.165, 1.54) is 39.5 Å². The Morgan fingerprint density at radius 3 is 2.42 bits per heavy atom. The first-order chi connectivity index (χ1) is 14.7. The van der Waals surface area contributed by atoms with E-state index in [-0.39, 0.29) is 29.2 Å². The van der Waals surface area contributed by atoms with Gasteiger partial charge in [-0.05, 0) is 49.9 Å². The van der Waals surface area contributed by atoms with Gasteiger partial charge in [0.1, 0.15) is 16.4 Å². The molecule has 2 aromatic carbocycles. The van der Waals surface area contributed by atoms with Crippen molar-refractivity contribution >= 4 is 21.9 Å². The topological polar surface area (TPSA) is 120 Å². The van der Waals surface area contributed by atoms with Gasteiger partial charge in [0.2, 0.25) is 10.0 Å². The van der Waals surface area contributed by atoms with Crippen LogP contribution in [0.1, 0.15) is 35.3 Å². The van der Waals surface area contributed by atoms with E-state index in [1.54, 1.807) is 31.2 Å². The minimum Gasteiger partial charge on any atom is -0.497 e. The molecule has 9 nitrogen and oxygen atoms in total. The lowest BCUT2D eigenvalue weighted by Crippen LogP contribution is -2.31. The van der Waals surface area contributed by atoms with Gasteiger partial charge in [0.25, 0.3) is 5.91 Å². The number of carbonyl (C=O) groups is 2. The highest BCUT2D eigenvalue weighted by Crippen LogP contribution is 2.26. The van der Waals surface area contributed by atoms with Gasteiger partial charge >= 0.3 is 5.97 Å². The number of amides is 1. The fraction of sp³-hybridized carbons (Fsp3) is 0.333. The summed E-state index contributed by atoms with van der Waals surface area (Å²) in [6.45, 7) is 1.90. The number of benzene rings is 2. The standard InChI is InChI=1S/C21H26N2O7S/c1-5-30-20(24)13-17(14-7-6-8-16(11-14)28-3)23-21(25)15-9-10-18(29-4)19(12-15)31(26,27)22-2/h6-12,17,22H,5,13H2,1-4H3,(H,23,25). The van der Waals surface area contributed by atoms with Crippen molar-refractivity contribution in [3.8, 4) is 11.5 Å². The number of rotatable bonds is 10. The molecule has 0 bridgehead atoms. The Labute approximate surface area is 181 Å². The zero-order valence-corrected chi connectivity index (χ0v) is 18.6. The van der Waals surface area contributed by atoms with Crippen LogP contribution in [0.5, 0.6) is 11.5 Å². The van der Waals surface area contributed by atoms with Gasteiger partial charge < -0.3 is 19.5 Å². The molecule has 0 saturated heterocycles. The monoisotopic (exact) mass is 450 g/mol. The molecule has 0 fully saturated rings. The molecule has 1 amide bonds. The number of esters is 1. The first kappa shape index (κ1) is 24.2. The Balaban J connectivity index is 2.38. The Kier molecular flexibility index (Phi) is 8.40. The largest absolute Gasteiger partial charge is 0.497 e. The molecule has 1 unspecified atom stereocenters. The second-order valence-electron chi connectivity index (χ2n) is 6.39. The molecule has 0 aliphatic carbocycles. The molecule has 0 saturated carbocycles. The summed E-state index contributed by atoms with van der Waals surface area (Å²) in [6, 6.07) is 10.3. The number of methoxy groups -OCH3 is 2. The third kappa shape index (κ3) is 6.19. The molecule has 2 aromatic rings. The van der Waals surface area contributed by atoms with Crippen molar-refractivity contribution in [1.29, 1.82) is 0 Å². The summed E-state index contributed by atoms with van der Waals surface area (Å²) in [5.74, 6) is -0.384. The van der Waals surface area contributed by atoms with Crippen LogP contribution in [0.4, 0.5) is 0 Å². The molecule has 2 N–H and O–H groups in total.